The van der Waals surface area contributed by atoms with Gasteiger partial charge in [0.2, 0.25) is 19.5 Å². The number of quaternary nitrogens is 1. The highest BCUT2D eigenvalue weighted by molar-refractivity contribution is 5.79. The van der Waals surface area contributed by atoms with Gasteiger partial charge >= 0.3 is 5.97 Å². The molecular weight excluding hydrogens is 562 g/mol. The predicted octanol–water partition coefficient (Wildman–Crippen LogP) is 4.36. The van der Waals surface area contributed by atoms with E-state index in [9.17, 15) is 14.7 Å². The minimum atomic E-state index is -0.853. The summed E-state index contributed by atoms with van der Waals surface area (Å²) < 4.78 is 23.3. The average Bonchev–Trinajstić information content (AvgIpc) is 3.73. The third-order valence-electron chi connectivity index (χ3n) is 9.03. The third kappa shape index (κ3) is 7.58. The molecular formula is C34H48N3O7+. The lowest BCUT2D eigenvalue weighted by Crippen LogP contribution is -2.45. The lowest BCUT2D eigenvalue weighted by molar-refractivity contribution is -0.870. The van der Waals surface area contributed by atoms with Crippen LogP contribution in [-0.2, 0) is 16.0 Å². The maximum atomic E-state index is 13.9. The maximum absolute atomic E-state index is 13.9. The van der Waals surface area contributed by atoms with Crippen molar-refractivity contribution in [1.82, 2.24) is 9.80 Å². The molecule has 5 rings (SSSR count). The van der Waals surface area contributed by atoms with E-state index in [1.54, 1.807) is 0 Å². The number of benzene rings is 2. The summed E-state index contributed by atoms with van der Waals surface area (Å²) in [5, 5.41) is 10.6. The van der Waals surface area contributed by atoms with E-state index in [0.717, 1.165) is 66.7 Å². The summed E-state index contributed by atoms with van der Waals surface area (Å²) in [7, 11) is 6.56. The number of carboxylic acids is 1. The van der Waals surface area contributed by atoms with Crippen LogP contribution in [0.25, 0.3) is 0 Å². The Balaban J connectivity index is 1.37. The molecule has 0 aliphatic carbocycles. The fourth-order valence-electron chi connectivity index (χ4n) is 6.70. The maximum Gasteiger partial charge on any atom is 0.308 e. The molecule has 3 atom stereocenters. The molecule has 1 N–H and O–H groups in total. The number of carboxylic acid groups (broad SMARTS) is 1. The number of aryl methyl sites for hydroxylation is 1. The van der Waals surface area contributed by atoms with Crippen molar-refractivity contribution in [1.29, 1.82) is 0 Å². The van der Waals surface area contributed by atoms with Crippen molar-refractivity contribution in [2.45, 2.75) is 57.4 Å². The lowest BCUT2D eigenvalue weighted by Gasteiger charge is -2.30. The first-order chi connectivity index (χ1) is 21.1. The highest BCUT2D eigenvalue weighted by atomic mass is 16.7. The van der Waals surface area contributed by atoms with Crippen LogP contribution in [-0.4, -0.2) is 105 Å². The molecule has 0 aromatic heterocycles. The van der Waals surface area contributed by atoms with Gasteiger partial charge in [0.05, 0.1) is 40.2 Å². The van der Waals surface area contributed by atoms with Crippen LogP contribution < -0.4 is 18.9 Å². The molecule has 2 aromatic rings. The Hall–Kier alpha value is -3.50. The summed E-state index contributed by atoms with van der Waals surface area (Å²) in [6.07, 6.45) is 5.14. The van der Waals surface area contributed by atoms with E-state index in [-0.39, 0.29) is 38.0 Å². The normalized spacial score (nSPS) is 20.7. The number of para-hydroxylation sites is 1. The van der Waals surface area contributed by atoms with Crippen molar-refractivity contribution in [3.05, 3.63) is 47.5 Å². The number of ether oxygens (including phenoxy) is 4. The number of amides is 1. The number of hydrogen-bond acceptors (Lipinski definition) is 7. The van der Waals surface area contributed by atoms with Crippen molar-refractivity contribution in [3.8, 4) is 23.0 Å². The standard InChI is InChI=1S/C34H47N3O7/c1-5-6-16-35(17-7-8-18-37(2,3)4)31(38)21-36-20-26(25-13-15-28-30(19-25)43-22-41-28)32(34(39)40)27(36)14-12-24-10-9-11-29-33(24)44-23-42-29/h9-11,13,15,19,26-27,32H,5-8,12,14,16-18,20-23H2,1-4H3/p+1/t26-,27+,32?/m1/s1. The van der Waals surface area contributed by atoms with Crippen LogP contribution in [0, 0.1) is 5.92 Å². The lowest BCUT2D eigenvalue weighted by atomic mass is 9.83. The van der Waals surface area contributed by atoms with Crippen LogP contribution >= 0.6 is 0 Å². The summed E-state index contributed by atoms with van der Waals surface area (Å²) in [5.41, 5.74) is 1.88. The molecule has 44 heavy (non-hydrogen) atoms. The zero-order valence-corrected chi connectivity index (χ0v) is 26.6. The molecule has 0 radical (unpaired) electrons. The molecule has 1 saturated heterocycles. The molecule has 240 valence electrons. The fraction of sp³-hybridized carbons (Fsp3) is 0.588. The first-order valence-corrected chi connectivity index (χ1v) is 16.0. The van der Waals surface area contributed by atoms with E-state index in [1.807, 2.05) is 41.3 Å². The SMILES string of the molecule is CCCCN(CCCC[N+](C)(C)C)C(=O)CN1C[C@H](c2ccc3c(c2)OCO3)C(C(=O)O)[C@@H]1CCc1cccc2c1OCO2. The molecule has 0 spiro atoms. The van der Waals surface area contributed by atoms with Crippen LogP contribution in [0.1, 0.15) is 56.1 Å². The topological polar surface area (TPSA) is 97.8 Å². The zero-order valence-electron chi connectivity index (χ0n) is 26.6. The second kappa shape index (κ2) is 14.1. The van der Waals surface area contributed by atoms with E-state index < -0.39 is 11.9 Å². The Morgan fingerprint density at radius 2 is 1.70 bits per heavy atom. The molecule has 2 aromatic carbocycles. The van der Waals surface area contributed by atoms with Crippen LogP contribution in [0.2, 0.25) is 0 Å². The molecule has 10 nitrogen and oxygen atoms in total. The molecule has 3 heterocycles. The van der Waals surface area contributed by atoms with E-state index in [0.29, 0.717) is 36.6 Å². The predicted molar refractivity (Wildman–Crippen MR) is 166 cm³/mol. The molecule has 10 heteroatoms. The van der Waals surface area contributed by atoms with Crippen molar-refractivity contribution in [3.63, 3.8) is 0 Å². The highest BCUT2D eigenvalue weighted by Gasteiger charge is 2.47. The number of nitrogens with zero attached hydrogens (tertiary/aromatic N) is 3. The number of unbranched alkanes of at least 4 members (excludes halogenated alkanes) is 2. The summed E-state index contributed by atoms with van der Waals surface area (Å²) in [5.74, 6) is 0.974. The monoisotopic (exact) mass is 610 g/mol. The highest BCUT2D eigenvalue weighted by Crippen LogP contribution is 2.44. The quantitative estimate of drug-likeness (QED) is 0.235. The van der Waals surface area contributed by atoms with E-state index >= 15 is 0 Å². The number of aliphatic carboxylic acids is 1. The second-order valence-electron chi connectivity index (χ2n) is 13.2. The van der Waals surface area contributed by atoms with Crippen molar-refractivity contribution in [2.24, 2.45) is 5.92 Å². The van der Waals surface area contributed by atoms with Gasteiger partial charge < -0.3 is 33.4 Å². The first kappa shape index (κ1) is 31.9. The zero-order chi connectivity index (χ0) is 31.3. The van der Waals surface area contributed by atoms with Gasteiger partial charge in [-0.15, -0.1) is 0 Å². The van der Waals surface area contributed by atoms with Crippen molar-refractivity contribution >= 4 is 11.9 Å². The van der Waals surface area contributed by atoms with Crippen molar-refractivity contribution in [2.75, 3.05) is 67.5 Å². The Bertz CT molecular complexity index is 1310. The molecule has 1 amide bonds. The largest absolute Gasteiger partial charge is 0.481 e. The summed E-state index contributed by atoms with van der Waals surface area (Å²) in [6, 6.07) is 11.2. The van der Waals surface area contributed by atoms with Gasteiger partial charge in [-0.1, -0.05) is 31.5 Å². The summed E-state index contributed by atoms with van der Waals surface area (Å²) >= 11 is 0. The number of hydrogen-bond donors (Lipinski definition) is 1. The van der Waals surface area contributed by atoms with Gasteiger partial charge in [0, 0.05) is 31.6 Å². The van der Waals surface area contributed by atoms with Gasteiger partial charge in [-0.2, -0.15) is 0 Å². The van der Waals surface area contributed by atoms with Gasteiger partial charge in [0.15, 0.2) is 23.0 Å². The molecule has 1 unspecified atom stereocenters. The van der Waals surface area contributed by atoms with Crippen LogP contribution in [0.3, 0.4) is 0 Å². The van der Waals surface area contributed by atoms with Gasteiger partial charge in [-0.05, 0) is 61.4 Å². The summed E-state index contributed by atoms with van der Waals surface area (Å²) in [6.45, 7) is 5.65. The third-order valence-corrected chi connectivity index (χ3v) is 9.03. The van der Waals surface area contributed by atoms with E-state index in [2.05, 4.69) is 33.0 Å². The fourth-order valence-corrected chi connectivity index (χ4v) is 6.70. The van der Waals surface area contributed by atoms with Gasteiger partial charge in [-0.25, -0.2) is 0 Å². The first-order valence-electron chi connectivity index (χ1n) is 16.0. The Morgan fingerprint density at radius 3 is 2.48 bits per heavy atom. The van der Waals surface area contributed by atoms with Crippen LogP contribution in [0.5, 0.6) is 23.0 Å². The number of fused-ring (bicyclic) bond motifs is 2. The van der Waals surface area contributed by atoms with Crippen LogP contribution in [0.15, 0.2) is 36.4 Å². The molecule has 3 aliphatic heterocycles. The van der Waals surface area contributed by atoms with E-state index in [1.165, 1.54) is 0 Å². The molecule has 3 aliphatic rings. The van der Waals surface area contributed by atoms with E-state index in [4.69, 9.17) is 18.9 Å². The number of carbonyl (C=O) groups excluding carboxylic acids is 1. The molecule has 1 fully saturated rings. The Labute approximate surface area is 261 Å². The smallest absolute Gasteiger partial charge is 0.308 e. The van der Waals surface area contributed by atoms with Crippen LogP contribution in [0.4, 0.5) is 0 Å². The van der Waals surface area contributed by atoms with Gasteiger partial charge in [0.25, 0.3) is 0 Å². The number of carbonyl (C=O) groups is 2. The average molecular weight is 611 g/mol. The van der Waals surface area contributed by atoms with Gasteiger partial charge in [-0.3, -0.25) is 14.5 Å². The minimum Gasteiger partial charge on any atom is -0.481 e. The number of likely N-dealkylation sites (tertiary alicyclic amines) is 1. The minimum absolute atomic E-state index is 0.0708. The Kier molecular flexibility index (Phi) is 10.2. The molecule has 0 saturated carbocycles. The van der Waals surface area contributed by atoms with Gasteiger partial charge in [0.1, 0.15) is 0 Å². The number of rotatable bonds is 15. The van der Waals surface area contributed by atoms with Crippen molar-refractivity contribution < 1.29 is 38.1 Å². The second-order valence-corrected chi connectivity index (χ2v) is 13.2. The summed E-state index contributed by atoms with van der Waals surface area (Å²) in [4.78, 5) is 31.0. The molecule has 0 bridgehead atoms. The Morgan fingerprint density at radius 1 is 0.955 bits per heavy atom.